The van der Waals surface area contributed by atoms with E-state index in [0.717, 1.165) is 36.5 Å². The molecule has 0 saturated carbocycles. The first-order chi connectivity index (χ1) is 7.70. The number of pyridine rings is 1. The lowest BCUT2D eigenvalue weighted by Crippen LogP contribution is -2.39. The summed E-state index contributed by atoms with van der Waals surface area (Å²) in [7, 11) is 0. The number of piperidine rings is 1. The molecule has 1 aliphatic heterocycles. The predicted octanol–water partition coefficient (Wildman–Crippen LogP) is 0.810. The van der Waals surface area contributed by atoms with Crippen molar-refractivity contribution in [1.82, 2.24) is 4.98 Å². The monoisotopic (exact) mass is 221 g/mol. The molecule has 1 fully saturated rings. The molecule has 1 saturated heterocycles. The Morgan fingerprint density at radius 2 is 2.38 bits per heavy atom. The molecule has 1 aliphatic rings. The summed E-state index contributed by atoms with van der Waals surface area (Å²) in [4.78, 5) is 6.68. The highest BCUT2D eigenvalue weighted by atomic mass is 16.3. The van der Waals surface area contributed by atoms with Crippen LogP contribution >= 0.6 is 0 Å². The van der Waals surface area contributed by atoms with Crippen LogP contribution in [0.25, 0.3) is 0 Å². The summed E-state index contributed by atoms with van der Waals surface area (Å²) in [6.45, 7) is 4.10. The zero-order chi connectivity index (χ0) is 11.5. The third-order valence-electron chi connectivity index (χ3n) is 3.01. The van der Waals surface area contributed by atoms with Crippen LogP contribution in [0, 0.1) is 6.92 Å². The molecule has 2 heterocycles. The van der Waals surface area contributed by atoms with E-state index in [1.165, 1.54) is 0 Å². The lowest BCUT2D eigenvalue weighted by molar-refractivity contribution is 0.154. The Kier molecular flexibility index (Phi) is 3.41. The summed E-state index contributed by atoms with van der Waals surface area (Å²) in [5.74, 6) is 0.946. The molecule has 0 spiro atoms. The van der Waals surface area contributed by atoms with E-state index in [9.17, 15) is 5.11 Å². The maximum atomic E-state index is 9.67. The molecule has 3 N–H and O–H groups in total. The number of β-amino-alcohol motifs (C(OH)–C–C–N with tert-alkyl or cyclic N) is 1. The number of anilines is 1. The van der Waals surface area contributed by atoms with E-state index in [2.05, 4.69) is 9.88 Å². The molecule has 0 bridgehead atoms. The van der Waals surface area contributed by atoms with Crippen LogP contribution in [0.2, 0.25) is 0 Å². The summed E-state index contributed by atoms with van der Waals surface area (Å²) < 4.78 is 0. The number of aryl methyl sites for hydroxylation is 1. The van der Waals surface area contributed by atoms with Gasteiger partial charge in [-0.1, -0.05) is 6.07 Å². The van der Waals surface area contributed by atoms with Gasteiger partial charge in [0.15, 0.2) is 0 Å². The lowest BCUT2D eigenvalue weighted by atomic mass is 10.1. The molecule has 4 nitrogen and oxygen atoms in total. The summed E-state index contributed by atoms with van der Waals surface area (Å²) in [6, 6.07) is 4.00. The van der Waals surface area contributed by atoms with Gasteiger partial charge >= 0.3 is 0 Å². The number of nitrogens with zero attached hydrogens (tertiary/aromatic N) is 2. The second kappa shape index (κ2) is 4.80. The van der Waals surface area contributed by atoms with Crippen molar-refractivity contribution < 1.29 is 5.11 Å². The van der Waals surface area contributed by atoms with Crippen molar-refractivity contribution in [2.45, 2.75) is 32.4 Å². The highest BCUT2D eigenvalue weighted by molar-refractivity contribution is 5.48. The average Bonchev–Trinajstić information content (AvgIpc) is 2.29. The molecule has 4 heteroatoms. The molecule has 0 aliphatic carbocycles. The van der Waals surface area contributed by atoms with E-state index in [1.54, 1.807) is 0 Å². The van der Waals surface area contributed by atoms with Crippen molar-refractivity contribution in [3.63, 3.8) is 0 Å². The molecular formula is C12H19N3O. The van der Waals surface area contributed by atoms with Gasteiger partial charge in [-0.2, -0.15) is 0 Å². The largest absolute Gasteiger partial charge is 0.391 e. The average molecular weight is 221 g/mol. The molecule has 1 atom stereocenters. The van der Waals surface area contributed by atoms with E-state index < -0.39 is 0 Å². The Morgan fingerprint density at radius 1 is 1.56 bits per heavy atom. The zero-order valence-corrected chi connectivity index (χ0v) is 9.69. The zero-order valence-electron chi connectivity index (χ0n) is 9.69. The summed E-state index contributed by atoms with van der Waals surface area (Å²) in [6.07, 6.45) is 1.67. The number of nitrogens with two attached hydrogens (primary N) is 1. The minimum absolute atomic E-state index is 0.235. The normalized spacial score (nSPS) is 21.2. The number of aliphatic hydroxyl groups is 1. The van der Waals surface area contributed by atoms with Gasteiger partial charge in [-0.15, -0.1) is 0 Å². The number of aromatic nitrogens is 1. The number of aliphatic hydroxyl groups excluding tert-OH is 1. The van der Waals surface area contributed by atoms with Gasteiger partial charge < -0.3 is 15.7 Å². The first-order valence-corrected chi connectivity index (χ1v) is 5.80. The topological polar surface area (TPSA) is 62.4 Å². The number of hydrogen-bond acceptors (Lipinski definition) is 4. The minimum Gasteiger partial charge on any atom is -0.391 e. The van der Waals surface area contributed by atoms with Crippen LogP contribution in [-0.4, -0.2) is 29.3 Å². The van der Waals surface area contributed by atoms with Crippen LogP contribution in [0.3, 0.4) is 0 Å². The van der Waals surface area contributed by atoms with E-state index >= 15 is 0 Å². The summed E-state index contributed by atoms with van der Waals surface area (Å²) >= 11 is 0. The Bertz CT molecular complexity index is 367. The molecule has 2 rings (SSSR count). The van der Waals surface area contributed by atoms with Gasteiger partial charge in [-0.05, 0) is 25.8 Å². The van der Waals surface area contributed by atoms with E-state index in [4.69, 9.17) is 5.73 Å². The Labute approximate surface area is 96.1 Å². The molecule has 88 valence electrons. The maximum Gasteiger partial charge on any atom is 0.133 e. The van der Waals surface area contributed by atoms with Crippen LogP contribution in [0.1, 0.15) is 24.1 Å². The minimum atomic E-state index is -0.235. The second-order valence-electron chi connectivity index (χ2n) is 4.38. The quantitative estimate of drug-likeness (QED) is 0.776. The van der Waals surface area contributed by atoms with Crippen LogP contribution < -0.4 is 10.6 Å². The van der Waals surface area contributed by atoms with Gasteiger partial charge in [-0.25, -0.2) is 4.98 Å². The fraction of sp³-hybridized carbons (Fsp3) is 0.583. The molecule has 1 aromatic heterocycles. The number of hydrogen-bond donors (Lipinski definition) is 2. The van der Waals surface area contributed by atoms with E-state index in [-0.39, 0.29) is 6.10 Å². The lowest BCUT2D eigenvalue weighted by Gasteiger charge is -2.32. The maximum absolute atomic E-state index is 9.67. The molecular weight excluding hydrogens is 202 g/mol. The van der Waals surface area contributed by atoms with Crippen LogP contribution in [0.15, 0.2) is 12.1 Å². The Balaban J connectivity index is 2.26. The Hall–Kier alpha value is -1.13. The van der Waals surface area contributed by atoms with Crippen molar-refractivity contribution in [2.24, 2.45) is 5.73 Å². The molecule has 1 unspecified atom stereocenters. The van der Waals surface area contributed by atoms with Gasteiger partial charge in [-0.3, -0.25) is 0 Å². The summed E-state index contributed by atoms with van der Waals surface area (Å²) in [5, 5.41) is 9.67. The predicted molar refractivity (Wildman–Crippen MR) is 64.3 cm³/mol. The summed E-state index contributed by atoms with van der Waals surface area (Å²) in [5.41, 5.74) is 7.76. The highest BCUT2D eigenvalue weighted by Gasteiger charge is 2.20. The van der Waals surface area contributed by atoms with Crippen LogP contribution in [-0.2, 0) is 6.54 Å². The van der Waals surface area contributed by atoms with Gasteiger partial charge in [0.2, 0.25) is 0 Å². The third-order valence-corrected chi connectivity index (χ3v) is 3.01. The van der Waals surface area contributed by atoms with Crippen LogP contribution in [0.4, 0.5) is 5.82 Å². The van der Waals surface area contributed by atoms with E-state index in [1.807, 2.05) is 19.1 Å². The van der Waals surface area contributed by atoms with Crippen molar-refractivity contribution >= 4 is 5.82 Å². The van der Waals surface area contributed by atoms with Gasteiger partial charge in [0, 0.05) is 30.9 Å². The van der Waals surface area contributed by atoms with Crippen molar-refractivity contribution in [3.8, 4) is 0 Å². The van der Waals surface area contributed by atoms with Crippen LogP contribution in [0.5, 0.6) is 0 Å². The highest BCUT2D eigenvalue weighted by Crippen LogP contribution is 2.22. The van der Waals surface area contributed by atoms with Gasteiger partial charge in [0.05, 0.1) is 6.10 Å². The second-order valence-corrected chi connectivity index (χ2v) is 4.38. The molecule has 1 aromatic rings. The first-order valence-electron chi connectivity index (χ1n) is 5.80. The van der Waals surface area contributed by atoms with Gasteiger partial charge in [0.1, 0.15) is 5.82 Å². The Morgan fingerprint density at radius 3 is 3.06 bits per heavy atom. The number of rotatable bonds is 2. The van der Waals surface area contributed by atoms with Gasteiger partial charge in [0.25, 0.3) is 0 Å². The molecule has 0 radical (unpaired) electrons. The van der Waals surface area contributed by atoms with Crippen molar-refractivity contribution in [2.75, 3.05) is 18.0 Å². The molecule has 16 heavy (non-hydrogen) atoms. The van der Waals surface area contributed by atoms with Crippen molar-refractivity contribution in [3.05, 3.63) is 23.4 Å². The fourth-order valence-corrected chi connectivity index (χ4v) is 2.15. The molecule has 0 amide bonds. The molecule has 0 aromatic carbocycles. The van der Waals surface area contributed by atoms with E-state index in [0.29, 0.717) is 13.1 Å². The smallest absolute Gasteiger partial charge is 0.133 e. The van der Waals surface area contributed by atoms with Crippen molar-refractivity contribution in [1.29, 1.82) is 0 Å². The fourth-order valence-electron chi connectivity index (χ4n) is 2.15. The SMILES string of the molecule is Cc1ccc(CN)c(N2CCCC(O)C2)n1. The standard InChI is InChI=1S/C12H19N3O/c1-9-4-5-10(7-13)12(14-9)15-6-2-3-11(16)8-15/h4-5,11,16H,2-3,6-8,13H2,1H3. The third kappa shape index (κ3) is 2.33. The first kappa shape index (κ1) is 11.4.